The molecule has 0 aromatic heterocycles. The number of primary amides is 1. The Balaban J connectivity index is 1.77. The molecule has 5 nitrogen and oxygen atoms in total. The third-order valence-electron chi connectivity index (χ3n) is 4.79. The lowest BCUT2D eigenvalue weighted by atomic mass is 9.81. The molecule has 0 bridgehead atoms. The highest BCUT2D eigenvalue weighted by atomic mass is 16.7. The van der Waals surface area contributed by atoms with Gasteiger partial charge in [-0.3, -0.25) is 4.79 Å². The van der Waals surface area contributed by atoms with Crippen molar-refractivity contribution in [1.82, 2.24) is 0 Å². The van der Waals surface area contributed by atoms with Crippen LogP contribution >= 0.6 is 0 Å². The summed E-state index contributed by atoms with van der Waals surface area (Å²) < 4.78 is 10.8. The Labute approximate surface area is 157 Å². The van der Waals surface area contributed by atoms with Crippen LogP contribution in [0.1, 0.15) is 22.3 Å². The zero-order valence-corrected chi connectivity index (χ0v) is 14.6. The van der Waals surface area contributed by atoms with Crippen molar-refractivity contribution < 1.29 is 19.4 Å². The smallest absolute Gasteiger partial charge is 0.258 e. The van der Waals surface area contributed by atoms with E-state index < -0.39 is 11.5 Å². The molecule has 3 N–H and O–H groups in total. The van der Waals surface area contributed by atoms with Crippen molar-refractivity contribution in [3.8, 4) is 11.5 Å². The number of ether oxygens (including phenoxy) is 2. The fraction of sp³-hybridized carbons (Fsp3) is 0.136. The lowest BCUT2D eigenvalue weighted by Gasteiger charge is -2.28. The monoisotopic (exact) mass is 361 g/mol. The lowest BCUT2D eigenvalue weighted by molar-refractivity contribution is -0.133. The third kappa shape index (κ3) is 3.02. The highest BCUT2D eigenvalue weighted by molar-refractivity contribution is 5.89. The summed E-state index contributed by atoms with van der Waals surface area (Å²) in [6.07, 6.45) is 0.509. The van der Waals surface area contributed by atoms with E-state index in [1.165, 1.54) is 0 Å². The van der Waals surface area contributed by atoms with Gasteiger partial charge in [-0.15, -0.1) is 0 Å². The summed E-state index contributed by atoms with van der Waals surface area (Å²) in [6.45, 7) is 0.213. The molecule has 1 aliphatic rings. The lowest BCUT2D eigenvalue weighted by Crippen LogP contribution is -2.42. The summed E-state index contributed by atoms with van der Waals surface area (Å²) in [5.41, 5.74) is 6.44. The van der Waals surface area contributed by atoms with Gasteiger partial charge in [-0.2, -0.15) is 0 Å². The molecule has 0 radical (unpaired) electrons. The van der Waals surface area contributed by atoms with Crippen LogP contribution < -0.4 is 15.2 Å². The number of carbonyl (C=O) groups is 1. The van der Waals surface area contributed by atoms with E-state index in [0.29, 0.717) is 29.0 Å². The molecular weight excluding hydrogens is 342 g/mol. The number of benzene rings is 3. The standard InChI is InChI=1S/C22H19NO4/c23-21(24)22(25,17-7-2-1-3-8-17)18-9-5-4-6-16(18)12-15-10-11-19-20(13-15)27-14-26-19/h1-11,13,25H,12,14H2,(H2,23,24). The minimum absolute atomic E-state index is 0.213. The second kappa shape index (κ2) is 6.78. The van der Waals surface area contributed by atoms with Gasteiger partial charge in [0.05, 0.1) is 0 Å². The number of fused-ring (bicyclic) bond motifs is 1. The summed E-state index contributed by atoms with van der Waals surface area (Å²) in [5, 5.41) is 11.3. The summed E-state index contributed by atoms with van der Waals surface area (Å²) in [5.74, 6) is 0.593. The maximum atomic E-state index is 12.3. The molecule has 1 aliphatic heterocycles. The van der Waals surface area contributed by atoms with Crippen LogP contribution in [0.15, 0.2) is 72.8 Å². The highest BCUT2D eigenvalue weighted by Crippen LogP contribution is 2.35. The molecule has 0 saturated heterocycles. The van der Waals surface area contributed by atoms with E-state index in [4.69, 9.17) is 15.2 Å². The minimum atomic E-state index is -1.91. The van der Waals surface area contributed by atoms with E-state index in [1.54, 1.807) is 36.4 Å². The van der Waals surface area contributed by atoms with E-state index in [9.17, 15) is 9.90 Å². The van der Waals surface area contributed by atoms with Gasteiger partial charge in [-0.05, 0) is 35.2 Å². The van der Waals surface area contributed by atoms with Crippen LogP contribution in [0.2, 0.25) is 0 Å². The van der Waals surface area contributed by atoms with E-state index >= 15 is 0 Å². The predicted molar refractivity (Wildman–Crippen MR) is 100 cm³/mol. The Morgan fingerprint density at radius 1 is 0.963 bits per heavy atom. The number of hydrogen-bond acceptors (Lipinski definition) is 4. The number of nitrogens with two attached hydrogens (primary N) is 1. The van der Waals surface area contributed by atoms with Crippen molar-refractivity contribution in [2.24, 2.45) is 5.73 Å². The van der Waals surface area contributed by atoms with E-state index in [2.05, 4.69) is 0 Å². The average Bonchev–Trinajstić information content (AvgIpc) is 3.16. The normalized spacial score (nSPS) is 14.6. The van der Waals surface area contributed by atoms with E-state index in [-0.39, 0.29) is 6.79 Å². The van der Waals surface area contributed by atoms with Gasteiger partial charge in [0.1, 0.15) is 0 Å². The number of amides is 1. The van der Waals surface area contributed by atoms with Crippen LogP contribution in [0.3, 0.4) is 0 Å². The van der Waals surface area contributed by atoms with Crippen LogP contribution in [0.4, 0.5) is 0 Å². The van der Waals surface area contributed by atoms with Crippen molar-refractivity contribution in [2.45, 2.75) is 12.0 Å². The zero-order chi connectivity index (χ0) is 18.9. The van der Waals surface area contributed by atoms with Crippen LogP contribution in [0.25, 0.3) is 0 Å². The Morgan fingerprint density at radius 3 is 2.44 bits per heavy atom. The van der Waals surface area contributed by atoms with Crippen molar-refractivity contribution in [1.29, 1.82) is 0 Å². The first-order valence-corrected chi connectivity index (χ1v) is 8.64. The average molecular weight is 361 g/mol. The van der Waals surface area contributed by atoms with E-state index in [1.807, 2.05) is 36.4 Å². The summed E-state index contributed by atoms with van der Waals surface area (Å²) >= 11 is 0. The molecule has 5 heteroatoms. The maximum Gasteiger partial charge on any atom is 0.258 e. The fourth-order valence-corrected chi connectivity index (χ4v) is 3.41. The SMILES string of the molecule is NC(=O)C(O)(c1ccccc1)c1ccccc1Cc1ccc2c(c1)OCO2. The second-order valence-electron chi connectivity index (χ2n) is 6.46. The Kier molecular flexibility index (Phi) is 4.30. The first kappa shape index (κ1) is 17.1. The van der Waals surface area contributed by atoms with Gasteiger partial charge in [0, 0.05) is 5.56 Å². The molecule has 27 heavy (non-hydrogen) atoms. The largest absolute Gasteiger partial charge is 0.454 e. The Bertz CT molecular complexity index is 987. The number of hydrogen-bond donors (Lipinski definition) is 2. The number of carbonyl (C=O) groups excluding carboxylic acids is 1. The molecule has 136 valence electrons. The quantitative estimate of drug-likeness (QED) is 0.732. The van der Waals surface area contributed by atoms with Gasteiger partial charge < -0.3 is 20.3 Å². The molecule has 1 atom stereocenters. The van der Waals surface area contributed by atoms with Crippen LogP contribution in [0.5, 0.6) is 11.5 Å². The third-order valence-corrected chi connectivity index (χ3v) is 4.79. The molecule has 0 spiro atoms. The zero-order valence-electron chi connectivity index (χ0n) is 14.6. The highest BCUT2D eigenvalue weighted by Gasteiger charge is 2.39. The van der Waals surface area contributed by atoms with Gasteiger partial charge in [0.25, 0.3) is 5.91 Å². The summed E-state index contributed by atoms with van der Waals surface area (Å²) in [7, 11) is 0. The van der Waals surface area contributed by atoms with Crippen molar-refractivity contribution in [2.75, 3.05) is 6.79 Å². The fourth-order valence-electron chi connectivity index (χ4n) is 3.41. The second-order valence-corrected chi connectivity index (χ2v) is 6.46. The van der Waals surface area contributed by atoms with Crippen LogP contribution in [0, 0.1) is 0 Å². The van der Waals surface area contributed by atoms with Gasteiger partial charge >= 0.3 is 0 Å². The predicted octanol–water partition coefficient (Wildman–Crippen LogP) is 2.73. The molecule has 0 fully saturated rings. The summed E-state index contributed by atoms with van der Waals surface area (Å²) in [6, 6.07) is 21.7. The molecule has 3 aromatic rings. The van der Waals surface area contributed by atoms with Gasteiger partial charge in [0.2, 0.25) is 6.79 Å². The van der Waals surface area contributed by atoms with Gasteiger partial charge in [-0.1, -0.05) is 60.7 Å². The first-order chi connectivity index (χ1) is 13.1. The van der Waals surface area contributed by atoms with Crippen LogP contribution in [-0.4, -0.2) is 17.8 Å². The minimum Gasteiger partial charge on any atom is -0.454 e. The molecule has 1 heterocycles. The Hall–Kier alpha value is -3.31. The molecule has 0 aliphatic carbocycles. The number of aliphatic hydroxyl groups is 1. The van der Waals surface area contributed by atoms with Gasteiger partial charge in [-0.25, -0.2) is 0 Å². The van der Waals surface area contributed by atoms with Crippen molar-refractivity contribution in [3.63, 3.8) is 0 Å². The molecule has 1 amide bonds. The Morgan fingerprint density at radius 2 is 1.67 bits per heavy atom. The van der Waals surface area contributed by atoms with E-state index in [0.717, 1.165) is 11.1 Å². The van der Waals surface area contributed by atoms with Crippen LogP contribution in [-0.2, 0) is 16.8 Å². The molecule has 3 aromatic carbocycles. The molecule has 4 rings (SSSR count). The topological polar surface area (TPSA) is 81.8 Å². The van der Waals surface area contributed by atoms with Gasteiger partial charge in [0.15, 0.2) is 17.1 Å². The van der Waals surface area contributed by atoms with Crippen molar-refractivity contribution in [3.05, 3.63) is 95.1 Å². The molecule has 0 saturated carbocycles. The number of rotatable bonds is 5. The maximum absolute atomic E-state index is 12.3. The van der Waals surface area contributed by atoms with Crippen molar-refractivity contribution >= 4 is 5.91 Å². The molecular formula is C22H19NO4. The molecule has 1 unspecified atom stereocenters. The summed E-state index contributed by atoms with van der Waals surface area (Å²) in [4.78, 5) is 12.3. The first-order valence-electron chi connectivity index (χ1n) is 8.64.